The van der Waals surface area contributed by atoms with Gasteiger partial charge in [0.15, 0.2) is 0 Å². The number of rotatable bonds is 7. The van der Waals surface area contributed by atoms with Crippen molar-refractivity contribution in [1.82, 2.24) is 9.80 Å². The van der Waals surface area contributed by atoms with E-state index in [9.17, 15) is 9.59 Å². The smallest absolute Gasteiger partial charge is 0.227 e. The van der Waals surface area contributed by atoms with Gasteiger partial charge in [0.1, 0.15) is 5.75 Å². The molecule has 1 saturated carbocycles. The Bertz CT molecular complexity index is 654. The molecule has 2 fully saturated rings. The molecule has 1 aromatic rings. The van der Waals surface area contributed by atoms with Crippen LogP contribution in [0.1, 0.15) is 36.8 Å². The highest BCUT2D eigenvalue weighted by Crippen LogP contribution is 2.33. The number of likely N-dealkylation sites (tertiary alicyclic amines) is 1. The molecule has 25 heavy (non-hydrogen) atoms. The minimum atomic E-state index is -0.168. The Balaban J connectivity index is 1.40. The van der Waals surface area contributed by atoms with Crippen molar-refractivity contribution in [1.29, 1.82) is 0 Å². The molecular formula is C20H28N2O3. The number of carbonyl (C=O) groups is 2. The summed E-state index contributed by atoms with van der Waals surface area (Å²) < 4.78 is 5.82. The van der Waals surface area contributed by atoms with Crippen LogP contribution in [-0.2, 0) is 9.59 Å². The van der Waals surface area contributed by atoms with Gasteiger partial charge in [-0.05, 0) is 44.7 Å². The molecule has 0 N–H and O–H groups in total. The zero-order valence-electron chi connectivity index (χ0n) is 15.5. The van der Waals surface area contributed by atoms with E-state index in [-0.39, 0.29) is 17.7 Å². The third-order valence-electron chi connectivity index (χ3n) is 5.10. The summed E-state index contributed by atoms with van der Waals surface area (Å²) in [5, 5.41) is 0. The topological polar surface area (TPSA) is 49.9 Å². The first-order chi connectivity index (χ1) is 12.0. The van der Waals surface area contributed by atoms with E-state index < -0.39 is 0 Å². The van der Waals surface area contributed by atoms with Gasteiger partial charge in [0.05, 0.1) is 12.5 Å². The van der Waals surface area contributed by atoms with Crippen LogP contribution in [0.25, 0.3) is 0 Å². The Morgan fingerprint density at radius 2 is 2.08 bits per heavy atom. The largest absolute Gasteiger partial charge is 0.493 e. The van der Waals surface area contributed by atoms with Crippen molar-refractivity contribution in [2.75, 3.05) is 26.7 Å². The molecule has 5 nitrogen and oxygen atoms in total. The fourth-order valence-corrected chi connectivity index (χ4v) is 3.50. The van der Waals surface area contributed by atoms with Gasteiger partial charge in [-0.2, -0.15) is 0 Å². The lowest BCUT2D eigenvalue weighted by atomic mass is 10.1. The van der Waals surface area contributed by atoms with Crippen molar-refractivity contribution >= 4 is 11.8 Å². The number of amides is 2. The lowest BCUT2D eigenvalue weighted by Gasteiger charge is -2.21. The average molecular weight is 344 g/mol. The Morgan fingerprint density at radius 1 is 1.32 bits per heavy atom. The van der Waals surface area contributed by atoms with Crippen molar-refractivity contribution in [3.8, 4) is 5.75 Å². The van der Waals surface area contributed by atoms with Crippen LogP contribution in [0, 0.1) is 19.8 Å². The zero-order chi connectivity index (χ0) is 18.0. The first-order valence-electron chi connectivity index (χ1n) is 9.20. The van der Waals surface area contributed by atoms with E-state index in [2.05, 4.69) is 13.0 Å². The zero-order valence-corrected chi connectivity index (χ0v) is 15.5. The van der Waals surface area contributed by atoms with Gasteiger partial charge >= 0.3 is 0 Å². The van der Waals surface area contributed by atoms with Gasteiger partial charge < -0.3 is 14.5 Å². The maximum absolute atomic E-state index is 12.5. The Labute approximate surface area is 149 Å². The molecule has 5 heteroatoms. The fraction of sp³-hybridized carbons (Fsp3) is 0.600. The number of benzene rings is 1. The molecule has 0 radical (unpaired) electrons. The summed E-state index contributed by atoms with van der Waals surface area (Å²) in [5.74, 6) is 0.967. The van der Waals surface area contributed by atoms with Crippen LogP contribution in [0.15, 0.2) is 18.2 Å². The molecule has 2 amide bonds. The van der Waals surface area contributed by atoms with E-state index in [0.29, 0.717) is 32.2 Å². The van der Waals surface area contributed by atoms with Gasteiger partial charge in [-0.15, -0.1) is 0 Å². The first kappa shape index (κ1) is 17.8. The third-order valence-corrected chi connectivity index (χ3v) is 5.10. The molecule has 2 aliphatic rings. The number of hydrogen-bond acceptors (Lipinski definition) is 3. The molecule has 0 unspecified atom stereocenters. The van der Waals surface area contributed by atoms with Gasteiger partial charge in [-0.25, -0.2) is 0 Å². The van der Waals surface area contributed by atoms with Gasteiger partial charge in [-0.1, -0.05) is 17.7 Å². The molecule has 0 spiro atoms. The lowest BCUT2D eigenvalue weighted by Crippen LogP contribution is -2.36. The summed E-state index contributed by atoms with van der Waals surface area (Å²) >= 11 is 0. The number of aryl methyl sites for hydroxylation is 2. The predicted molar refractivity (Wildman–Crippen MR) is 96.5 cm³/mol. The molecule has 136 valence electrons. The quantitative estimate of drug-likeness (QED) is 0.714. The van der Waals surface area contributed by atoms with Crippen molar-refractivity contribution < 1.29 is 14.3 Å². The maximum atomic E-state index is 12.5. The molecule has 1 aliphatic heterocycles. The predicted octanol–water partition coefficient (Wildman–Crippen LogP) is 2.54. The summed E-state index contributed by atoms with van der Waals surface area (Å²) in [6.45, 7) is 5.94. The number of nitrogens with zero attached hydrogens (tertiary/aromatic N) is 2. The average Bonchev–Trinajstić information content (AvgIpc) is 3.34. The van der Waals surface area contributed by atoms with Crippen LogP contribution < -0.4 is 4.74 Å². The van der Waals surface area contributed by atoms with Crippen LogP contribution in [-0.4, -0.2) is 54.4 Å². The second-order valence-corrected chi connectivity index (χ2v) is 7.41. The summed E-state index contributed by atoms with van der Waals surface area (Å²) in [6, 6.07) is 6.55. The van der Waals surface area contributed by atoms with Crippen molar-refractivity contribution in [2.24, 2.45) is 5.92 Å². The van der Waals surface area contributed by atoms with Crippen LogP contribution in [0.5, 0.6) is 5.75 Å². The Morgan fingerprint density at radius 3 is 2.76 bits per heavy atom. The normalized spacial score (nSPS) is 20.0. The molecular weight excluding hydrogens is 316 g/mol. The Hall–Kier alpha value is -2.04. The molecule has 1 aliphatic carbocycles. The van der Waals surface area contributed by atoms with Gasteiger partial charge in [0.2, 0.25) is 11.8 Å². The molecule has 1 heterocycles. The molecule has 1 aromatic carbocycles. The minimum absolute atomic E-state index is 0.0861. The minimum Gasteiger partial charge on any atom is -0.493 e. The molecule has 0 aromatic heterocycles. The van der Waals surface area contributed by atoms with Crippen LogP contribution in [0.4, 0.5) is 0 Å². The van der Waals surface area contributed by atoms with E-state index >= 15 is 0 Å². The second kappa shape index (κ2) is 7.46. The van der Waals surface area contributed by atoms with Crippen LogP contribution in [0.3, 0.4) is 0 Å². The summed E-state index contributed by atoms with van der Waals surface area (Å²) in [7, 11) is 1.82. The SMILES string of the molecule is Cc1ccc(OCCCN(C)C(=O)[C@@H]2CC(=O)N(C3CC3)C2)c(C)c1. The fourth-order valence-electron chi connectivity index (χ4n) is 3.50. The molecule has 3 rings (SSSR count). The van der Waals surface area contributed by atoms with Gasteiger partial charge in [-0.3, -0.25) is 9.59 Å². The first-order valence-corrected chi connectivity index (χ1v) is 9.20. The number of ether oxygens (including phenoxy) is 1. The lowest BCUT2D eigenvalue weighted by molar-refractivity contribution is -0.134. The number of carbonyl (C=O) groups excluding carboxylic acids is 2. The molecule has 1 saturated heterocycles. The highest BCUT2D eigenvalue weighted by atomic mass is 16.5. The molecule has 1 atom stereocenters. The van der Waals surface area contributed by atoms with Crippen molar-refractivity contribution in [2.45, 2.75) is 45.6 Å². The highest BCUT2D eigenvalue weighted by Gasteiger charge is 2.42. The van der Waals surface area contributed by atoms with Gasteiger partial charge in [0, 0.05) is 32.6 Å². The Kier molecular flexibility index (Phi) is 5.30. The van der Waals surface area contributed by atoms with E-state index in [0.717, 1.165) is 30.6 Å². The summed E-state index contributed by atoms with van der Waals surface area (Å²) in [6.07, 6.45) is 3.35. The standard InChI is InChI=1S/C20H28N2O3/c1-14-5-8-18(15(2)11-14)25-10-4-9-21(3)20(24)16-12-19(23)22(13-16)17-6-7-17/h5,8,11,16-17H,4,6-7,9-10,12-13H2,1-3H3/t16-/m1/s1. The van der Waals surface area contributed by atoms with E-state index in [1.807, 2.05) is 31.0 Å². The summed E-state index contributed by atoms with van der Waals surface area (Å²) in [4.78, 5) is 28.2. The van der Waals surface area contributed by atoms with Gasteiger partial charge in [0.25, 0.3) is 0 Å². The van der Waals surface area contributed by atoms with Crippen molar-refractivity contribution in [3.63, 3.8) is 0 Å². The van der Waals surface area contributed by atoms with Crippen LogP contribution in [0.2, 0.25) is 0 Å². The van der Waals surface area contributed by atoms with E-state index in [1.54, 1.807) is 4.90 Å². The van der Waals surface area contributed by atoms with Crippen LogP contribution >= 0.6 is 0 Å². The van der Waals surface area contributed by atoms with E-state index in [1.165, 1.54) is 5.56 Å². The molecule has 0 bridgehead atoms. The highest BCUT2D eigenvalue weighted by molar-refractivity contribution is 5.89. The summed E-state index contributed by atoms with van der Waals surface area (Å²) in [5.41, 5.74) is 2.36. The second-order valence-electron chi connectivity index (χ2n) is 7.41. The third kappa shape index (κ3) is 4.33. The van der Waals surface area contributed by atoms with E-state index in [4.69, 9.17) is 4.74 Å². The number of hydrogen-bond donors (Lipinski definition) is 0. The monoisotopic (exact) mass is 344 g/mol. The van der Waals surface area contributed by atoms with Crippen molar-refractivity contribution in [3.05, 3.63) is 29.3 Å². The maximum Gasteiger partial charge on any atom is 0.227 e.